The zero-order valence-corrected chi connectivity index (χ0v) is 16.4. The first-order chi connectivity index (χ1) is 13.6. The van der Waals surface area contributed by atoms with E-state index in [0.717, 1.165) is 24.9 Å². The highest BCUT2D eigenvalue weighted by Crippen LogP contribution is 2.33. The van der Waals surface area contributed by atoms with Crippen LogP contribution in [0.3, 0.4) is 0 Å². The van der Waals surface area contributed by atoms with Crippen LogP contribution in [0.1, 0.15) is 50.7 Å². The summed E-state index contributed by atoms with van der Waals surface area (Å²) in [6.07, 6.45) is 4.71. The van der Waals surface area contributed by atoms with Crippen LogP contribution in [0.15, 0.2) is 22.7 Å². The summed E-state index contributed by atoms with van der Waals surface area (Å²) in [4.78, 5) is 30.2. The number of hydrogen-bond donors (Lipinski definition) is 1. The summed E-state index contributed by atoms with van der Waals surface area (Å²) >= 11 is 0. The Kier molecular flexibility index (Phi) is 6.62. The van der Waals surface area contributed by atoms with Crippen LogP contribution in [0, 0.1) is 0 Å². The first-order valence-electron chi connectivity index (χ1n) is 9.70. The standard InChI is InChI=1S/C20H26N4O4/c1-3-6-17-22-19(28-23-17)8-4-7-18(25)21-14-10-11-15(16(13-14)27-2)24-12-5-9-20(24)26/h10-11,13H,3-9,12H2,1-2H3,(H,21,25). The molecule has 2 amide bonds. The quantitative estimate of drug-likeness (QED) is 0.711. The van der Waals surface area contributed by atoms with Crippen LogP contribution in [0.2, 0.25) is 0 Å². The van der Waals surface area contributed by atoms with Crippen molar-refractivity contribution in [2.75, 3.05) is 23.9 Å². The average molecular weight is 386 g/mol. The van der Waals surface area contributed by atoms with Crippen molar-refractivity contribution in [2.45, 2.75) is 51.9 Å². The smallest absolute Gasteiger partial charge is 0.227 e. The van der Waals surface area contributed by atoms with Crippen molar-refractivity contribution in [3.8, 4) is 5.75 Å². The third-order valence-corrected chi connectivity index (χ3v) is 4.61. The summed E-state index contributed by atoms with van der Waals surface area (Å²) in [5.74, 6) is 1.85. The van der Waals surface area contributed by atoms with E-state index in [1.165, 1.54) is 0 Å². The number of carbonyl (C=O) groups excluding carboxylic acids is 2. The van der Waals surface area contributed by atoms with Crippen molar-refractivity contribution in [1.82, 2.24) is 10.1 Å². The molecule has 2 aromatic rings. The van der Waals surface area contributed by atoms with Crippen molar-refractivity contribution >= 4 is 23.2 Å². The Morgan fingerprint density at radius 3 is 2.93 bits per heavy atom. The van der Waals surface area contributed by atoms with Crippen molar-refractivity contribution in [2.24, 2.45) is 0 Å². The normalized spacial score (nSPS) is 13.8. The lowest BCUT2D eigenvalue weighted by Gasteiger charge is -2.19. The fourth-order valence-corrected chi connectivity index (χ4v) is 3.22. The van der Waals surface area contributed by atoms with Crippen LogP contribution in [0.5, 0.6) is 5.75 Å². The molecule has 1 saturated heterocycles. The molecule has 0 spiro atoms. The molecule has 8 heteroatoms. The lowest BCUT2D eigenvalue weighted by molar-refractivity contribution is -0.117. The lowest BCUT2D eigenvalue weighted by atomic mass is 10.2. The van der Waals surface area contributed by atoms with Crippen LogP contribution in [0.25, 0.3) is 0 Å². The van der Waals surface area contributed by atoms with Crippen LogP contribution < -0.4 is 15.0 Å². The molecule has 150 valence electrons. The Morgan fingerprint density at radius 2 is 2.21 bits per heavy atom. The summed E-state index contributed by atoms with van der Waals surface area (Å²) in [5, 5.41) is 6.78. The van der Waals surface area contributed by atoms with Crippen molar-refractivity contribution in [1.29, 1.82) is 0 Å². The number of methoxy groups -OCH3 is 1. The van der Waals surface area contributed by atoms with Crippen molar-refractivity contribution < 1.29 is 18.8 Å². The molecule has 8 nitrogen and oxygen atoms in total. The van der Waals surface area contributed by atoms with E-state index in [1.54, 1.807) is 24.1 Å². The van der Waals surface area contributed by atoms with Gasteiger partial charge in [-0.1, -0.05) is 12.1 Å². The number of aryl methyl sites for hydroxylation is 2. The van der Waals surface area contributed by atoms with Gasteiger partial charge in [0.1, 0.15) is 5.75 Å². The van der Waals surface area contributed by atoms with E-state index < -0.39 is 0 Å². The molecule has 1 N–H and O–H groups in total. The number of rotatable bonds is 9. The Balaban J connectivity index is 1.52. The maximum atomic E-state index is 12.2. The number of anilines is 2. The first-order valence-corrected chi connectivity index (χ1v) is 9.70. The molecule has 2 heterocycles. The highest BCUT2D eigenvalue weighted by molar-refractivity contribution is 5.97. The molecule has 0 unspecified atom stereocenters. The Hall–Kier alpha value is -2.90. The number of hydrogen-bond acceptors (Lipinski definition) is 6. The molecule has 0 aliphatic carbocycles. The molecule has 0 radical (unpaired) electrons. The molecule has 0 saturated carbocycles. The van der Waals surface area contributed by atoms with E-state index in [9.17, 15) is 9.59 Å². The number of amides is 2. The minimum Gasteiger partial charge on any atom is -0.494 e. The highest BCUT2D eigenvalue weighted by Gasteiger charge is 2.24. The minimum atomic E-state index is -0.0969. The van der Waals surface area contributed by atoms with E-state index >= 15 is 0 Å². The molecule has 28 heavy (non-hydrogen) atoms. The van der Waals surface area contributed by atoms with Gasteiger partial charge in [-0.15, -0.1) is 0 Å². The summed E-state index contributed by atoms with van der Waals surface area (Å²) in [5.41, 5.74) is 1.38. The molecule has 1 aromatic carbocycles. The molecule has 1 aliphatic rings. The van der Waals surface area contributed by atoms with Crippen LogP contribution in [-0.4, -0.2) is 35.6 Å². The second kappa shape index (κ2) is 9.34. The fourth-order valence-electron chi connectivity index (χ4n) is 3.22. The van der Waals surface area contributed by atoms with Crippen LogP contribution >= 0.6 is 0 Å². The van der Waals surface area contributed by atoms with Gasteiger partial charge in [0, 0.05) is 44.0 Å². The fraction of sp³-hybridized carbons (Fsp3) is 0.500. The first kappa shape index (κ1) is 19.9. The van der Waals surface area contributed by atoms with Gasteiger partial charge >= 0.3 is 0 Å². The number of nitrogens with zero attached hydrogens (tertiary/aromatic N) is 3. The second-order valence-electron chi connectivity index (χ2n) is 6.79. The number of carbonyl (C=O) groups is 2. The number of ether oxygens (including phenoxy) is 1. The zero-order chi connectivity index (χ0) is 19.9. The molecule has 0 bridgehead atoms. The van der Waals surface area contributed by atoms with Gasteiger partial charge in [-0.3, -0.25) is 9.59 Å². The van der Waals surface area contributed by atoms with Gasteiger partial charge in [0.05, 0.1) is 12.8 Å². The van der Waals surface area contributed by atoms with Crippen LogP contribution in [-0.2, 0) is 22.4 Å². The summed E-state index contributed by atoms with van der Waals surface area (Å²) in [6, 6.07) is 5.34. The maximum Gasteiger partial charge on any atom is 0.227 e. The number of benzene rings is 1. The summed E-state index contributed by atoms with van der Waals surface area (Å²) in [6.45, 7) is 2.75. The van der Waals surface area contributed by atoms with Gasteiger partial charge in [0.15, 0.2) is 5.82 Å². The van der Waals surface area contributed by atoms with Gasteiger partial charge in [-0.2, -0.15) is 4.98 Å². The average Bonchev–Trinajstić information content (AvgIpc) is 3.31. The van der Waals surface area contributed by atoms with Crippen molar-refractivity contribution in [3.63, 3.8) is 0 Å². The predicted molar refractivity (Wildman–Crippen MR) is 104 cm³/mol. The molecule has 1 aromatic heterocycles. The van der Waals surface area contributed by atoms with Crippen LogP contribution in [0.4, 0.5) is 11.4 Å². The topological polar surface area (TPSA) is 97.6 Å². The highest BCUT2D eigenvalue weighted by atomic mass is 16.5. The van der Waals surface area contributed by atoms with E-state index in [4.69, 9.17) is 9.26 Å². The van der Waals surface area contributed by atoms with Crippen molar-refractivity contribution in [3.05, 3.63) is 29.9 Å². The molecule has 0 atom stereocenters. The van der Waals surface area contributed by atoms with Gasteiger partial charge < -0.3 is 19.5 Å². The molecular formula is C20H26N4O4. The second-order valence-corrected chi connectivity index (χ2v) is 6.79. The monoisotopic (exact) mass is 386 g/mol. The van der Waals surface area contributed by atoms with Gasteiger partial charge in [0.2, 0.25) is 17.7 Å². The zero-order valence-electron chi connectivity index (χ0n) is 16.4. The molecule has 1 aliphatic heterocycles. The summed E-state index contributed by atoms with van der Waals surface area (Å²) in [7, 11) is 1.56. The van der Waals surface area contributed by atoms with Gasteiger partial charge in [-0.25, -0.2) is 0 Å². The van der Waals surface area contributed by atoms with E-state index in [2.05, 4.69) is 22.4 Å². The van der Waals surface area contributed by atoms with E-state index in [1.807, 2.05) is 6.07 Å². The van der Waals surface area contributed by atoms with Gasteiger partial charge in [-0.05, 0) is 31.4 Å². The SMILES string of the molecule is CCCc1noc(CCCC(=O)Nc2ccc(N3CCCC3=O)c(OC)c2)n1. The molecular weight excluding hydrogens is 360 g/mol. The summed E-state index contributed by atoms with van der Waals surface area (Å²) < 4.78 is 10.6. The molecule has 3 rings (SSSR count). The number of nitrogens with one attached hydrogen (secondary N) is 1. The third kappa shape index (κ3) is 4.88. The predicted octanol–water partition coefficient (Wildman–Crippen LogP) is 3.12. The Labute approximate surface area is 164 Å². The van der Waals surface area contributed by atoms with Gasteiger partial charge in [0.25, 0.3) is 0 Å². The Morgan fingerprint density at radius 1 is 1.36 bits per heavy atom. The largest absolute Gasteiger partial charge is 0.494 e. The lowest BCUT2D eigenvalue weighted by Crippen LogP contribution is -2.24. The number of aromatic nitrogens is 2. The van der Waals surface area contributed by atoms with E-state index in [-0.39, 0.29) is 11.8 Å². The minimum absolute atomic E-state index is 0.0956. The maximum absolute atomic E-state index is 12.2. The molecule has 1 fully saturated rings. The third-order valence-electron chi connectivity index (χ3n) is 4.61. The van der Waals surface area contributed by atoms with E-state index in [0.29, 0.717) is 55.4 Å². The Bertz CT molecular complexity index is 833.